The van der Waals surface area contributed by atoms with Crippen molar-refractivity contribution in [3.8, 4) is 11.5 Å². The van der Waals surface area contributed by atoms with Gasteiger partial charge in [-0.15, -0.1) is 0 Å². The Morgan fingerprint density at radius 3 is 1.85 bits per heavy atom. The molecule has 26 heavy (non-hydrogen) atoms. The summed E-state index contributed by atoms with van der Waals surface area (Å²) in [6, 6.07) is 14.1. The average molecular weight is 358 g/mol. The molecule has 0 bridgehead atoms. The zero-order valence-electron chi connectivity index (χ0n) is 15.4. The smallest absolute Gasteiger partial charge is 0.308 e. The molecule has 2 unspecified atom stereocenters. The van der Waals surface area contributed by atoms with Gasteiger partial charge in [0, 0.05) is 5.92 Å². The Labute approximate surface area is 154 Å². The van der Waals surface area contributed by atoms with Gasteiger partial charge < -0.3 is 19.7 Å². The first-order valence-electron chi connectivity index (χ1n) is 8.45. The van der Waals surface area contributed by atoms with Crippen LogP contribution in [0.4, 0.5) is 0 Å². The van der Waals surface area contributed by atoms with Crippen LogP contribution in [0.3, 0.4) is 0 Å². The quantitative estimate of drug-likeness (QED) is 0.610. The van der Waals surface area contributed by atoms with Crippen LogP contribution in [0.1, 0.15) is 25.0 Å². The lowest BCUT2D eigenvalue weighted by Gasteiger charge is -2.09. The molecule has 2 aromatic rings. The van der Waals surface area contributed by atoms with Crippen molar-refractivity contribution in [2.75, 3.05) is 7.11 Å². The third-order valence-electron chi connectivity index (χ3n) is 3.89. The summed E-state index contributed by atoms with van der Waals surface area (Å²) in [7, 11) is 1.36. The minimum Gasteiger partial charge on any atom is -0.508 e. The lowest BCUT2D eigenvalue weighted by Crippen LogP contribution is -2.15. The van der Waals surface area contributed by atoms with Gasteiger partial charge in [-0.25, -0.2) is 0 Å². The van der Waals surface area contributed by atoms with Crippen molar-refractivity contribution in [3.05, 3.63) is 59.7 Å². The Balaban J connectivity index is 0.000000263. The second-order valence-corrected chi connectivity index (χ2v) is 6.20. The van der Waals surface area contributed by atoms with Crippen LogP contribution >= 0.6 is 0 Å². The summed E-state index contributed by atoms with van der Waals surface area (Å²) in [5, 5.41) is 18.8. The third-order valence-corrected chi connectivity index (χ3v) is 3.89. The third kappa shape index (κ3) is 6.97. The first kappa shape index (κ1) is 21.2. The number of esters is 1. The number of aldehydes is 1. The van der Waals surface area contributed by atoms with E-state index in [1.165, 1.54) is 7.11 Å². The molecule has 0 aliphatic rings. The highest BCUT2D eigenvalue weighted by atomic mass is 16.5. The molecule has 0 fully saturated rings. The molecule has 2 atom stereocenters. The molecule has 140 valence electrons. The Morgan fingerprint density at radius 1 is 0.962 bits per heavy atom. The van der Waals surface area contributed by atoms with Crippen LogP contribution in [0.5, 0.6) is 11.5 Å². The van der Waals surface area contributed by atoms with Gasteiger partial charge in [-0.05, 0) is 36.1 Å². The highest BCUT2D eigenvalue weighted by Gasteiger charge is 2.15. The molecule has 0 spiro atoms. The SMILES string of the molecule is CC(C=O)Cc1ccccc1O.COC(=O)C(C)Cc1ccccc1O. The molecule has 0 aromatic heterocycles. The van der Waals surface area contributed by atoms with E-state index in [9.17, 15) is 19.8 Å². The van der Waals surface area contributed by atoms with Crippen LogP contribution in [-0.2, 0) is 27.2 Å². The number of phenols is 2. The van der Waals surface area contributed by atoms with Crippen LogP contribution in [0, 0.1) is 11.8 Å². The van der Waals surface area contributed by atoms with E-state index in [0.717, 1.165) is 17.4 Å². The maximum atomic E-state index is 11.1. The molecule has 0 saturated heterocycles. The number of phenolic OH excluding ortho intramolecular Hbond substituents is 2. The van der Waals surface area contributed by atoms with Crippen molar-refractivity contribution >= 4 is 12.3 Å². The molecular formula is C21H26O5. The highest BCUT2D eigenvalue weighted by molar-refractivity contribution is 5.72. The number of methoxy groups -OCH3 is 1. The van der Waals surface area contributed by atoms with Crippen molar-refractivity contribution in [3.63, 3.8) is 0 Å². The summed E-state index contributed by atoms with van der Waals surface area (Å²) in [5.74, 6) is -0.0192. The van der Waals surface area contributed by atoms with Gasteiger partial charge >= 0.3 is 5.97 Å². The van der Waals surface area contributed by atoms with Crippen molar-refractivity contribution in [2.45, 2.75) is 26.7 Å². The van der Waals surface area contributed by atoms with Gasteiger partial charge in [0.2, 0.25) is 0 Å². The maximum Gasteiger partial charge on any atom is 0.308 e. The number of hydrogen-bond acceptors (Lipinski definition) is 5. The fraction of sp³-hybridized carbons (Fsp3) is 0.333. The Bertz CT molecular complexity index is 711. The van der Waals surface area contributed by atoms with E-state index in [4.69, 9.17) is 0 Å². The van der Waals surface area contributed by atoms with Gasteiger partial charge in [0.1, 0.15) is 17.8 Å². The minimum absolute atomic E-state index is 0.0294. The predicted molar refractivity (Wildman–Crippen MR) is 100 cm³/mol. The monoisotopic (exact) mass is 358 g/mol. The zero-order valence-corrected chi connectivity index (χ0v) is 15.4. The Kier molecular flexibility index (Phi) is 8.92. The summed E-state index contributed by atoms with van der Waals surface area (Å²) in [6.45, 7) is 3.61. The van der Waals surface area contributed by atoms with Gasteiger partial charge in [0.25, 0.3) is 0 Å². The molecule has 0 heterocycles. The normalized spacial score (nSPS) is 12.3. The summed E-state index contributed by atoms with van der Waals surface area (Å²) >= 11 is 0. The number of aromatic hydroxyl groups is 2. The second-order valence-electron chi connectivity index (χ2n) is 6.20. The van der Waals surface area contributed by atoms with E-state index in [0.29, 0.717) is 12.8 Å². The maximum absolute atomic E-state index is 11.1. The largest absolute Gasteiger partial charge is 0.508 e. The fourth-order valence-corrected chi connectivity index (χ4v) is 2.38. The zero-order chi connectivity index (χ0) is 19.5. The van der Waals surface area contributed by atoms with Gasteiger partial charge in [0.15, 0.2) is 0 Å². The number of rotatable bonds is 6. The van der Waals surface area contributed by atoms with E-state index in [1.807, 2.05) is 25.1 Å². The van der Waals surface area contributed by atoms with E-state index in [2.05, 4.69) is 4.74 Å². The second kappa shape index (κ2) is 10.9. The molecule has 0 saturated carbocycles. The minimum atomic E-state index is -0.256. The molecule has 0 radical (unpaired) electrons. The summed E-state index contributed by atoms with van der Waals surface area (Å²) in [4.78, 5) is 21.5. The molecule has 2 aromatic carbocycles. The van der Waals surface area contributed by atoms with Crippen LogP contribution in [0.2, 0.25) is 0 Å². The van der Waals surface area contributed by atoms with E-state index in [-0.39, 0.29) is 29.3 Å². The van der Waals surface area contributed by atoms with E-state index < -0.39 is 0 Å². The lowest BCUT2D eigenvalue weighted by atomic mass is 10.0. The number of hydrogen-bond donors (Lipinski definition) is 2. The predicted octanol–water partition coefficient (Wildman–Crippen LogP) is 3.51. The number of carbonyl (C=O) groups is 2. The first-order valence-corrected chi connectivity index (χ1v) is 8.45. The molecule has 0 aliphatic heterocycles. The van der Waals surface area contributed by atoms with Crippen molar-refractivity contribution in [1.82, 2.24) is 0 Å². The molecule has 0 amide bonds. The number of para-hydroxylation sites is 2. The molecular weight excluding hydrogens is 332 g/mol. The van der Waals surface area contributed by atoms with Crippen LogP contribution < -0.4 is 0 Å². The van der Waals surface area contributed by atoms with Crippen LogP contribution in [0.25, 0.3) is 0 Å². The number of carbonyl (C=O) groups excluding carboxylic acids is 2. The summed E-state index contributed by atoms with van der Waals surface area (Å²) in [5.41, 5.74) is 1.60. The first-order chi connectivity index (χ1) is 12.4. The van der Waals surface area contributed by atoms with E-state index in [1.54, 1.807) is 37.3 Å². The fourth-order valence-electron chi connectivity index (χ4n) is 2.38. The molecule has 5 nitrogen and oxygen atoms in total. The van der Waals surface area contributed by atoms with Crippen molar-refractivity contribution in [1.29, 1.82) is 0 Å². The van der Waals surface area contributed by atoms with Crippen molar-refractivity contribution < 1.29 is 24.5 Å². The molecule has 2 rings (SSSR count). The molecule has 0 aliphatic carbocycles. The highest BCUT2D eigenvalue weighted by Crippen LogP contribution is 2.20. The number of ether oxygens (including phenoxy) is 1. The Hall–Kier alpha value is -2.82. The summed E-state index contributed by atoms with van der Waals surface area (Å²) in [6.07, 6.45) is 2.00. The van der Waals surface area contributed by atoms with E-state index >= 15 is 0 Å². The van der Waals surface area contributed by atoms with Gasteiger partial charge in [0.05, 0.1) is 13.0 Å². The van der Waals surface area contributed by atoms with Crippen LogP contribution in [0.15, 0.2) is 48.5 Å². The standard InChI is InChI=1S/C11H14O3.C10H12O2/c1-8(11(13)14-2)7-9-5-3-4-6-10(9)12;1-8(7-11)6-9-4-2-3-5-10(9)12/h3-6,8,12H,7H2,1-2H3;2-5,7-8,12H,6H2,1H3. The number of benzene rings is 2. The van der Waals surface area contributed by atoms with Crippen molar-refractivity contribution in [2.24, 2.45) is 11.8 Å². The molecule has 5 heteroatoms. The molecule has 2 N–H and O–H groups in total. The summed E-state index contributed by atoms with van der Waals surface area (Å²) < 4.78 is 4.60. The van der Waals surface area contributed by atoms with Gasteiger partial charge in [-0.2, -0.15) is 0 Å². The van der Waals surface area contributed by atoms with Crippen LogP contribution in [-0.4, -0.2) is 29.6 Å². The van der Waals surface area contributed by atoms with Gasteiger partial charge in [-0.1, -0.05) is 50.2 Å². The van der Waals surface area contributed by atoms with Gasteiger partial charge in [-0.3, -0.25) is 4.79 Å². The Morgan fingerprint density at radius 2 is 1.42 bits per heavy atom. The topological polar surface area (TPSA) is 83.8 Å². The average Bonchev–Trinajstić information content (AvgIpc) is 2.65. The lowest BCUT2D eigenvalue weighted by molar-refractivity contribution is -0.144.